The van der Waals surface area contributed by atoms with Crippen LogP contribution in [0.1, 0.15) is 16.1 Å². The number of hydrogen-bond acceptors (Lipinski definition) is 5. The summed E-state index contributed by atoms with van der Waals surface area (Å²) in [6.45, 7) is 0. The lowest BCUT2D eigenvalue weighted by Crippen LogP contribution is -2.17. The second-order valence-corrected chi connectivity index (χ2v) is 6.64. The van der Waals surface area contributed by atoms with Gasteiger partial charge in [0.15, 0.2) is 5.13 Å². The predicted molar refractivity (Wildman–Crippen MR) is 102 cm³/mol. The highest BCUT2D eigenvalue weighted by molar-refractivity contribution is 7.14. The van der Waals surface area contributed by atoms with Crippen molar-refractivity contribution in [3.8, 4) is 5.75 Å². The number of benzene rings is 2. The molecule has 6 nitrogen and oxygen atoms in total. The zero-order valence-corrected chi connectivity index (χ0v) is 15.5. The molecule has 1 aromatic heterocycles. The lowest BCUT2D eigenvalue weighted by Gasteiger charge is -2.10. The second kappa shape index (κ2) is 8.74. The summed E-state index contributed by atoms with van der Waals surface area (Å²) in [5.74, 6) is -1.37. The Morgan fingerprint density at radius 1 is 1.03 bits per heavy atom. The third-order valence-electron chi connectivity index (χ3n) is 3.52. The number of alkyl halides is 3. The minimum atomic E-state index is -4.83. The first-order valence-corrected chi connectivity index (χ1v) is 9.13. The molecule has 29 heavy (non-hydrogen) atoms. The molecule has 0 aliphatic rings. The van der Waals surface area contributed by atoms with E-state index in [4.69, 9.17) is 0 Å². The number of aromatic nitrogens is 1. The molecule has 0 atom stereocenters. The lowest BCUT2D eigenvalue weighted by atomic mass is 10.1. The van der Waals surface area contributed by atoms with Crippen molar-refractivity contribution >= 4 is 34.0 Å². The number of ether oxygens (including phenoxy) is 1. The van der Waals surface area contributed by atoms with E-state index < -0.39 is 18.0 Å². The number of rotatable bonds is 6. The molecule has 0 radical (unpaired) electrons. The van der Waals surface area contributed by atoms with Crippen LogP contribution in [0, 0.1) is 0 Å². The molecule has 150 valence electrons. The fourth-order valence-corrected chi connectivity index (χ4v) is 3.05. The van der Waals surface area contributed by atoms with Crippen LogP contribution in [0.5, 0.6) is 5.75 Å². The second-order valence-electron chi connectivity index (χ2n) is 5.78. The summed E-state index contributed by atoms with van der Waals surface area (Å²) in [5, 5.41) is 6.72. The molecule has 0 saturated heterocycles. The van der Waals surface area contributed by atoms with Gasteiger partial charge in [-0.25, -0.2) is 4.98 Å². The highest BCUT2D eigenvalue weighted by Crippen LogP contribution is 2.25. The fraction of sp³-hybridized carbons (Fsp3) is 0.105. The van der Waals surface area contributed by atoms with Crippen LogP contribution in [0.25, 0.3) is 0 Å². The minimum Gasteiger partial charge on any atom is -0.406 e. The van der Waals surface area contributed by atoms with Gasteiger partial charge >= 0.3 is 6.36 Å². The Morgan fingerprint density at radius 2 is 1.79 bits per heavy atom. The van der Waals surface area contributed by atoms with E-state index in [0.717, 1.165) is 29.0 Å². The van der Waals surface area contributed by atoms with Crippen LogP contribution in [0.15, 0.2) is 60.0 Å². The molecule has 0 fully saturated rings. The molecule has 0 unspecified atom stereocenters. The third-order valence-corrected chi connectivity index (χ3v) is 4.27. The Kier molecular flexibility index (Phi) is 6.13. The summed E-state index contributed by atoms with van der Waals surface area (Å²) in [7, 11) is 0. The molecule has 0 aliphatic heterocycles. The first kappa shape index (κ1) is 20.3. The number of nitrogens with one attached hydrogen (secondary N) is 2. The van der Waals surface area contributed by atoms with Gasteiger partial charge in [0.1, 0.15) is 11.4 Å². The van der Waals surface area contributed by atoms with Crippen LogP contribution < -0.4 is 15.4 Å². The van der Waals surface area contributed by atoms with Crippen molar-refractivity contribution in [2.45, 2.75) is 12.8 Å². The minimum absolute atomic E-state index is 0.0205. The van der Waals surface area contributed by atoms with Crippen molar-refractivity contribution in [2.75, 3.05) is 10.6 Å². The summed E-state index contributed by atoms with van der Waals surface area (Å²) in [5.41, 5.74) is 0.965. The van der Waals surface area contributed by atoms with Gasteiger partial charge in [-0.1, -0.05) is 36.4 Å². The highest BCUT2D eigenvalue weighted by Gasteiger charge is 2.31. The van der Waals surface area contributed by atoms with E-state index >= 15 is 0 Å². The Morgan fingerprint density at radius 3 is 2.52 bits per heavy atom. The van der Waals surface area contributed by atoms with Crippen LogP contribution in [-0.2, 0) is 11.2 Å². The summed E-state index contributed by atoms with van der Waals surface area (Å²) in [6, 6.07) is 14.0. The monoisotopic (exact) mass is 421 g/mol. The summed E-state index contributed by atoms with van der Waals surface area (Å²) < 4.78 is 40.7. The Bertz CT molecular complexity index is 1010. The van der Waals surface area contributed by atoms with E-state index in [1.54, 1.807) is 0 Å². The van der Waals surface area contributed by atoms with E-state index in [9.17, 15) is 22.8 Å². The molecule has 0 bridgehead atoms. The van der Waals surface area contributed by atoms with Gasteiger partial charge in [0.05, 0.1) is 6.42 Å². The normalized spacial score (nSPS) is 11.0. The average molecular weight is 421 g/mol. The number of amides is 2. The molecule has 3 rings (SSSR count). The van der Waals surface area contributed by atoms with E-state index in [-0.39, 0.29) is 28.8 Å². The number of halogens is 3. The molecule has 2 amide bonds. The number of nitrogens with zero attached hydrogens (tertiary/aromatic N) is 1. The Labute approximate surface area is 167 Å². The number of carbonyl (C=O) groups excluding carboxylic acids is 2. The van der Waals surface area contributed by atoms with Crippen molar-refractivity contribution in [1.82, 2.24) is 4.98 Å². The van der Waals surface area contributed by atoms with Crippen LogP contribution in [0.3, 0.4) is 0 Å². The lowest BCUT2D eigenvalue weighted by molar-refractivity contribution is -0.274. The van der Waals surface area contributed by atoms with Gasteiger partial charge in [-0.05, 0) is 17.7 Å². The Hall–Kier alpha value is -3.40. The molecule has 3 aromatic rings. The molecule has 2 N–H and O–H groups in total. The topological polar surface area (TPSA) is 80.3 Å². The Balaban J connectivity index is 1.59. The number of thiazole rings is 1. The fourth-order valence-electron chi connectivity index (χ4n) is 2.35. The summed E-state index contributed by atoms with van der Waals surface area (Å²) in [6.07, 6.45) is -4.67. The van der Waals surface area contributed by atoms with Gasteiger partial charge < -0.3 is 15.4 Å². The van der Waals surface area contributed by atoms with Crippen molar-refractivity contribution in [2.24, 2.45) is 0 Å². The zero-order valence-electron chi connectivity index (χ0n) is 14.7. The molecular weight excluding hydrogens is 407 g/mol. The first-order chi connectivity index (χ1) is 13.8. The average Bonchev–Trinajstić information content (AvgIpc) is 3.10. The van der Waals surface area contributed by atoms with Gasteiger partial charge in [0.2, 0.25) is 5.91 Å². The van der Waals surface area contributed by atoms with Crippen LogP contribution in [-0.4, -0.2) is 23.2 Å². The van der Waals surface area contributed by atoms with Crippen molar-refractivity contribution < 1.29 is 27.5 Å². The SMILES string of the molecule is O=C(Cc1ccccc1)Nc1nc(C(=O)Nc2cccc(OC(F)(F)F)c2)cs1. The molecule has 0 aliphatic carbocycles. The molecule has 0 saturated carbocycles. The van der Waals surface area contributed by atoms with Crippen molar-refractivity contribution in [1.29, 1.82) is 0 Å². The number of hydrogen-bond donors (Lipinski definition) is 2. The van der Waals surface area contributed by atoms with Gasteiger partial charge in [0, 0.05) is 17.1 Å². The van der Waals surface area contributed by atoms with Crippen LogP contribution >= 0.6 is 11.3 Å². The van der Waals surface area contributed by atoms with E-state index in [1.165, 1.54) is 17.5 Å². The summed E-state index contributed by atoms with van der Waals surface area (Å²) in [4.78, 5) is 28.3. The quantitative estimate of drug-likeness (QED) is 0.615. The van der Waals surface area contributed by atoms with Gasteiger partial charge in [-0.3, -0.25) is 9.59 Å². The third kappa shape index (κ3) is 6.32. The highest BCUT2D eigenvalue weighted by atomic mass is 32.1. The largest absolute Gasteiger partial charge is 0.573 e. The molecule has 2 aromatic carbocycles. The molecule has 0 spiro atoms. The van der Waals surface area contributed by atoms with Gasteiger partial charge in [-0.15, -0.1) is 24.5 Å². The predicted octanol–water partition coefficient (Wildman–Crippen LogP) is 4.48. The molecule has 1 heterocycles. The van der Waals surface area contributed by atoms with E-state index in [2.05, 4.69) is 20.4 Å². The van der Waals surface area contributed by atoms with Crippen LogP contribution in [0.4, 0.5) is 24.0 Å². The van der Waals surface area contributed by atoms with Gasteiger partial charge in [0.25, 0.3) is 5.91 Å². The number of anilines is 2. The standard InChI is InChI=1S/C19H14F3N3O3S/c20-19(21,22)28-14-8-4-7-13(10-14)23-17(27)15-11-29-18(24-15)25-16(26)9-12-5-2-1-3-6-12/h1-8,10-11H,9H2,(H,23,27)(H,24,25,26). The van der Waals surface area contributed by atoms with Crippen molar-refractivity contribution in [3.05, 3.63) is 71.2 Å². The maximum absolute atomic E-state index is 12.3. The number of carbonyl (C=O) groups is 2. The van der Waals surface area contributed by atoms with E-state index in [0.29, 0.717) is 0 Å². The smallest absolute Gasteiger partial charge is 0.406 e. The van der Waals surface area contributed by atoms with E-state index in [1.807, 2.05) is 30.3 Å². The maximum Gasteiger partial charge on any atom is 0.573 e. The zero-order chi connectivity index (χ0) is 20.9. The summed E-state index contributed by atoms with van der Waals surface area (Å²) >= 11 is 1.06. The molecule has 10 heteroatoms. The van der Waals surface area contributed by atoms with Crippen LogP contribution in [0.2, 0.25) is 0 Å². The van der Waals surface area contributed by atoms with Crippen molar-refractivity contribution in [3.63, 3.8) is 0 Å². The maximum atomic E-state index is 12.3. The van der Waals surface area contributed by atoms with Gasteiger partial charge in [-0.2, -0.15) is 0 Å². The first-order valence-electron chi connectivity index (χ1n) is 8.25. The molecular formula is C19H14F3N3O3S.